The van der Waals surface area contributed by atoms with Crippen LogP contribution in [0.4, 0.5) is 13.2 Å². The molecule has 0 bridgehead atoms. The Morgan fingerprint density at radius 3 is 2.74 bits per heavy atom. The van der Waals surface area contributed by atoms with E-state index in [9.17, 15) is 26.4 Å². The number of carbonyl (C=O) groups excluding carboxylic acids is 1. The van der Waals surface area contributed by atoms with Gasteiger partial charge in [0.1, 0.15) is 11.6 Å². The number of hydrogen-bond donors (Lipinski definition) is 1. The smallest absolute Gasteiger partial charge is 0.263 e. The summed E-state index contributed by atoms with van der Waals surface area (Å²) >= 11 is 0. The van der Waals surface area contributed by atoms with Crippen molar-refractivity contribution in [3.63, 3.8) is 0 Å². The zero-order valence-corrected chi connectivity index (χ0v) is 21.4. The Labute approximate surface area is 221 Å². The van der Waals surface area contributed by atoms with E-state index in [0.29, 0.717) is 27.9 Å². The van der Waals surface area contributed by atoms with Crippen molar-refractivity contribution < 1.29 is 35.9 Å². The number of benzene rings is 2. The number of fused-ring (bicyclic) bond motifs is 2. The second kappa shape index (κ2) is 10.6. The first-order valence-electron chi connectivity index (χ1n) is 11.8. The van der Waals surface area contributed by atoms with Crippen LogP contribution in [0, 0.1) is 5.82 Å². The van der Waals surface area contributed by atoms with Gasteiger partial charge in [-0.15, -0.1) is 0 Å². The van der Waals surface area contributed by atoms with Crippen LogP contribution in [0.2, 0.25) is 0 Å². The van der Waals surface area contributed by atoms with Crippen LogP contribution in [0.5, 0.6) is 5.75 Å². The van der Waals surface area contributed by atoms with Gasteiger partial charge in [0.15, 0.2) is 9.84 Å². The predicted octanol–water partition coefficient (Wildman–Crippen LogP) is 4.62. The van der Waals surface area contributed by atoms with Crippen LogP contribution in [-0.2, 0) is 27.7 Å². The highest BCUT2D eigenvalue weighted by Crippen LogP contribution is 2.33. The molecule has 39 heavy (non-hydrogen) atoms. The first-order valence-corrected chi connectivity index (χ1v) is 13.4. The lowest BCUT2D eigenvalue weighted by atomic mass is 10.1. The van der Waals surface area contributed by atoms with Crippen LogP contribution in [0.1, 0.15) is 33.6 Å². The van der Waals surface area contributed by atoms with E-state index in [1.54, 1.807) is 24.4 Å². The van der Waals surface area contributed by atoms with Crippen molar-refractivity contribution in [2.45, 2.75) is 24.5 Å². The SMILES string of the molecule is COc1cc(C(F)F)ccc1-c1ccc2cnc(CNC(=O)c3cc(F)c4c(c3)S(=O)(=O)CCOC4)cc2n1. The Morgan fingerprint density at radius 1 is 1.15 bits per heavy atom. The quantitative estimate of drug-likeness (QED) is 0.369. The van der Waals surface area contributed by atoms with Gasteiger partial charge in [-0.1, -0.05) is 6.07 Å². The zero-order valence-electron chi connectivity index (χ0n) is 20.6. The monoisotopic (exact) mass is 557 g/mol. The number of sulfone groups is 1. The van der Waals surface area contributed by atoms with Crippen molar-refractivity contribution in [3.8, 4) is 17.0 Å². The van der Waals surface area contributed by atoms with E-state index in [2.05, 4.69) is 15.3 Å². The predicted molar refractivity (Wildman–Crippen MR) is 136 cm³/mol. The van der Waals surface area contributed by atoms with Crippen molar-refractivity contribution in [2.75, 3.05) is 19.5 Å². The summed E-state index contributed by atoms with van der Waals surface area (Å²) < 4.78 is 76.3. The molecule has 4 aromatic rings. The van der Waals surface area contributed by atoms with E-state index in [1.165, 1.54) is 25.3 Å². The molecule has 8 nitrogen and oxygen atoms in total. The molecule has 1 aliphatic heterocycles. The van der Waals surface area contributed by atoms with Crippen LogP contribution < -0.4 is 10.1 Å². The minimum Gasteiger partial charge on any atom is -0.496 e. The maximum Gasteiger partial charge on any atom is 0.263 e. The van der Waals surface area contributed by atoms with E-state index in [1.807, 2.05) is 0 Å². The Hall–Kier alpha value is -4.03. The summed E-state index contributed by atoms with van der Waals surface area (Å²) in [5.41, 5.74) is 1.59. The molecular weight excluding hydrogens is 535 g/mol. The number of hydrogen-bond acceptors (Lipinski definition) is 7. The fourth-order valence-corrected chi connectivity index (χ4v) is 5.64. The number of rotatable bonds is 6. The van der Waals surface area contributed by atoms with Crippen LogP contribution in [0.15, 0.2) is 59.6 Å². The topological polar surface area (TPSA) is 107 Å². The van der Waals surface area contributed by atoms with Crippen LogP contribution in [-0.4, -0.2) is 43.8 Å². The molecule has 202 valence electrons. The maximum atomic E-state index is 14.7. The molecule has 0 saturated heterocycles. The molecule has 0 aliphatic carbocycles. The van der Waals surface area contributed by atoms with Gasteiger partial charge in [0.2, 0.25) is 0 Å². The Balaban J connectivity index is 1.38. The number of aromatic nitrogens is 2. The summed E-state index contributed by atoms with van der Waals surface area (Å²) in [6.45, 7) is -0.294. The first-order chi connectivity index (χ1) is 18.7. The molecule has 2 aromatic heterocycles. The highest BCUT2D eigenvalue weighted by atomic mass is 32.2. The van der Waals surface area contributed by atoms with E-state index in [0.717, 1.165) is 12.1 Å². The van der Waals surface area contributed by atoms with Gasteiger partial charge in [-0.05, 0) is 42.5 Å². The van der Waals surface area contributed by atoms with Crippen LogP contribution >= 0.6 is 0 Å². The molecule has 0 saturated carbocycles. The number of methoxy groups -OCH3 is 1. The molecule has 1 amide bonds. The van der Waals surface area contributed by atoms with Gasteiger partial charge < -0.3 is 14.8 Å². The zero-order chi connectivity index (χ0) is 27.7. The molecule has 0 atom stereocenters. The van der Waals surface area contributed by atoms with E-state index >= 15 is 0 Å². The van der Waals surface area contributed by atoms with Crippen molar-refractivity contribution in [2.24, 2.45) is 0 Å². The number of amides is 1. The summed E-state index contributed by atoms with van der Waals surface area (Å²) in [5.74, 6) is -1.56. The number of carbonyl (C=O) groups is 1. The van der Waals surface area contributed by atoms with Crippen molar-refractivity contribution in [3.05, 3.63) is 82.9 Å². The number of halogens is 3. The molecule has 0 unspecified atom stereocenters. The van der Waals surface area contributed by atoms with E-state index in [4.69, 9.17) is 9.47 Å². The fraction of sp³-hybridized carbons (Fsp3) is 0.222. The number of pyridine rings is 2. The molecule has 0 fully saturated rings. The van der Waals surface area contributed by atoms with E-state index in [-0.39, 0.29) is 52.8 Å². The Bertz CT molecular complexity index is 1700. The van der Waals surface area contributed by atoms with Gasteiger partial charge in [0.05, 0.1) is 54.4 Å². The third kappa shape index (κ3) is 5.43. The number of nitrogens with zero attached hydrogens (tertiary/aromatic N) is 2. The molecule has 0 radical (unpaired) electrons. The molecular formula is C27H22F3N3O5S. The average Bonchev–Trinajstić information content (AvgIpc) is 3.08. The van der Waals surface area contributed by atoms with Gasteiger partial charge in [0.25, 0.3) is 12.3 Å². The van der Waals surface area contributed by atoms with Crippen molar-refractivity contribution in [1.29, 1.82) is 0 Å². The summed E-state index contributed by atoms with van der Waals surface area (Å²) in [7, 11) is -2.41. The molecule has 1 N–H and O–H groups in total. The van der Waals surface area contributed by atoms with Gasteiger partial charge in [-0.2, -0.15) is 0 Å². The first kappa shape index (κ1) is 26.6. The molecule has 0 spiro atoms. The maximum absolute atomic E-state index is 14.7. The molecule has 5 rings (SSSR count). The normalized spacial score (nSPS) is 14.6. The highest BCUT2D eigenvalue weighted by Gasteiger charge is 2.27. The second-order valence-corrected chi connectivity index (χ2v) is 10.9. The molecule has 1 aliphatic rings. The van der Waals surface area contributed by atoms with Gasteiger partial charge in [0, 0.05) is 33.8 Å². The van der Waals surface area contributed by atoms with Crippen LogP contribution in [0.25, 0.3) is 22.2 Å². The Morgan fingerprint density at radius 2 is 1.97 bits per heavy atom. The summed E-state index contributed by atoms with van der Waals surface area (Å²) in [6, 6.07) is 11.4. The largest absolute Gasteiger partial charge is 0.496 e. The number of nitrogens with one attached hydrogen (secondary N) is 1. The third-order valence-corrected chi connectivity index (χ3v) is 8.05. The van der Waals surface area contributed by atoms with Gasteiger partial charge in [-0.25, -0.2) is 26.6 Å². The molecule has 3 heterocycles. The summed E-state index contributed by atoms with van der Waals surface area (Å²) in [4.78, 5) is 21.5. The van der Waals surface area contributed by atoms with Gasteiger partial charge >= 0.3 is 0 Å². The lowest BCUT2D eigenvalue weighted by molar-refractivity contribution is 0.0949. The lowest BCUT2D eigenvalue weighted by Crippen LogP contribution is -2.24. The second-order valence-electron chi connectivity index (χ2n) is 8.81. The average molecular weight is 558 g/mol. The highest BCUT2D eigenvalue weighted by molar-refractivity contribution is 7.91. The summed E-state index contributed by atoms with van der Waals surface area (Å²) in [5, 5.41) is 3.33. The number of ether oxygens (including phenoxy) is 2. The van der Waals surface area contributed by atoms with Gasteiger partial charge in [-0.3, -0.25) is 9.78 Å². The van der Waals surface area contributed by atoms with Crippen molar-refractivity contribution in [1.82, 2.24) is 15.3 Å². The lowest BCUT2D eigenvalue weighted by Gasteiger charge is -2.12. The Kier molecular flexibility index (Phi) is 7.23. The summed E-state index contributed by atoms with van der Waals surface area (Å²) in [6.07, 6.45) is -1.07. The van der Waals surface area contributed by atoms with Crippen molar-refractivity contribution >= 4 is 26.6 Å². The minimum atomic E-state index is -3.80. The fourth-order valence-electron chi connectivity index (χ4n) is 4.25. The van der Waals surface area contributed by atoms with Crippen LogP contribution in [0.3, 0.4) is 0 Å². The number of alkyl halides is 2. The standard InChI is InChI=1S/C27H22F3N3O5S/c1-37-24-9-15(26(29)30)2-4-19(24)22-5-3-16-12-31-18(11-23(16)33-22)13-32-27(34)17-8-21(28)20-14-38-6-7-39(35,36)25(20)10-17/h2-5,8-12,26H,6-7,13-14H2,1H3,(H,32,34). The van der Waals surface area contributed by atoms with E-state index < -0.39 is 28.0 Å². The minimum absolute atomic E-state index is 0.0400. The molecule has 2 aromatic carbocycles. The third-order valence-electron chi connectivity index (χ3n) is 6.31. The molecule has 12 heteroatoms.